The van der Waals surface area contributed by atoms with Gasteiger partial charge in [-0.15, -0.1) is 0 Å². The maximum absolute atomic E-state index is 7.00. The van der Waals surface area contributed by atoms with Crippen molar-refractivity contribution in [3.05, 3.63) is 212 Å². The Morgan fingerprint density at radius 2 is 0.939 bits per heavy atom. The molecule has 0 spiro atoms. The molecule has 10 aromatic carbocycles. The topological polar surface area (TPSA) is 41.5 Å². The highest BCUT2D eigenvalue weighted by atomic mass is 16.5. The fourth-order valence-corrected chi connectivity index (χ4v) is 11.0. The van der Waals surface area contributed by atoms with Crippen LogP contribution in [0.2, 0.25) is 0 Å². The Morgan fingerprint density at radius 1 is 0.333 bits per heavy atom. The molecule has 13 aromatic rings. The summed E-state index contributed by atoms with van der Waals surface area (Å²) in [5.74, 6) is 2.47. The van der Waals surface area contributed by atoms with Gasteiger partial charge in [-0.25, -0.2) is 0 Å². The lowest BCUT2D eigenvalue weighted by Gasteiger charge is -2.33. The summed E-state index contributed by atoms with van der Waals surface area (Å²) in [6, 6.07) is 76.0. The van der Waals surface area contributed by atoms with Gasteiger partial charge in [-0.2, -0.15) is 0 Å². The van der Waals surface area contributed by atoms with Crippen LogP contribution in [0.25, 0.3) is 110 Å². The van der Waals surface area contributed by atoms with Crippen molar-refractivity contribution in [2.75, 3.05) is 0 Å². The summed E-state index contributed by atoms with van der Waals surface area (Å²) in [6.07, 6.45) is 0. The molecule has 0 fully saturated rings. The molecule has 0 atom stereocenters. The molecule has 0 unspecified atom stereocenters. The van der Waals surface area contributed by atoms with E-state index in [9.17, 15) is 0 Å². The Morgan fingerprint density at radius 3 is 1.73 bits per heavy atom. The molecule has 5 nitrogen and oxygen atoms in total. The van der Waals surface area contributed by atoms with Crippen molar-refractivity contribution >= 4 is 83.4 Å². The van der Waals surface area contributed by atoms with E-state index in [4.69, 9.17) is 13.8 Å². The third-order valence-corrected chi connectivity index (χ3v) is 14.0. The van der Waals surface area contributed by atoms with E-state index in [0.29, 0.717) is 0 Å². The van der Waals surface area contributed by atoms with Crippen molar-refractivity contribution in [3.63, 3.8) is 0 Å². The summed E-state index contributed by atoms with van der Waals surface area (Å²) in [7, 11) is 0. The van der Waals surface area contributed by atoms with Crippen LogP contribution in [0.3, 0.4) is 0 Å². The zero-order valence-electron chi connectivity index (χ0n) is 35.4. The Kier molecular flexibility index (Phi) is 7.24. The first-order valence-electron chi connectivity index (χ1n) is 22.5. The zero-order chi connectivity index (χ0) is 43.0. The van der Waals surface area contributed by atoms with Gasteiger partial charge in [0.1, 0.15) is 28.4 Å². The number of hydrogen-bond acceptors (Lipinski definition) is 3. The third-order valence-electron chi connectivity index (χ3n) is 14.0. The Labute approximate surface area is 379 Å². The van der Waals surface area contributed by atoms with Crippen molar-refractivity contribution in [2.45, 2.75) is 0 Å². The van der Waals surface area contributed by atoms with E-state index in [1.54, 1.807) is 0 Å². The van der Waals surface area contributed by atoms with Crippen LogP contribution in [0.1, 0.15) is 0 Å². The average Bonchev–Trinajstić information content (AvgIpc) is 4.03. The summed E-state index contributed by atoms with van der Waals surface area (Å²) < 4.78 is 24.8. The molecular formula is C60H35BN2O3. The second-order valence-electron chi connectivity index (χ2n) is 17.6. The minimum Gasteiger partial charge on any atom is -0.551 e. The van der Waals surface area contributed by atoms with Crippen molar-refractivity contribution in [1.82, 2.24) is 9.13 Å². The normalized spacial score (nSPS) is 12.8. The Balaban J connectivity index is 0.906. The molecule has 5 heterocycles. The maximum Gasteiger partial charge on any atom is 0.434 e. The molecule has 15 rings (SSSR count). The first-order chi connectivity index (χ1) is 32.7. The SMILES string of the molecule is c1cc(-c2ccc3c(c2)-c2cc(-n4c5ccccc5c5cc(-n6c7ccccc7c7ccccc76)ccc54)cc4c2B(O3)c2ccccc2O4)cc(-c2ccc3oc4ccccc4c3c2)c1. The summed E-state index contributed by atoms with van der Waals surface area (Å²) in [4.78, 5) is 0. The van der Waals surface area contributed by atoms with E-state index in [1.165, 1.54) is 32.6 Å². The van der Waals surface area contributed by atoms with Crippen molar-refractivity contribution in [1.29, 1.82) is 0 Å². The van der Waals surface area contributed by atoms with Crippen molar-refractivity contribution < 1.29 is 13.8 Å². The lowest BCUT2D eigenvalue weighted by Crippen LogP contribution is -2.53. The molecular weight excluding hydrogens is 807 g/mol. The highest BCUT2D eigenvalue weighted by molar-refractivity contribution is 6.84. The molecule has 0 radical (unpaired) electrons. The van der Waals surface area contributed by atoms with Crippen molar-refractivity contribution in [3.8, 4) is 62.0 Å². The first-order valence-corrected chi connectivity index (χ1v) is 22.5. The molecule has 306 valence electrons. The molecule has 66 heavy (non-hydrogen) atoms. The molecule has 0 saturated heterocycles. The number of benzene rings is 10. The van der Waals surface area contributed by atoms with Crippen LogP contribution in [0.5, 0.6) is 17.2 Å². The molecule has 6 heteroatoms. The average molecular weight is 843 g/mol. The van der Waals surface area contributed by atoms with E-state index in [0.717, 1.165) is 106 Å². The first kappa shape index (κ1) is 35.7. The van der Waals surface area contributed by atoms with E-state index in [-0.39, 0.29) is 6.92 Å². The van der Waals surface area contributed by atoms with E-state index in [2.05, 4.69) is 197 Å². The fraction of sp³-hybridized carbons (Fsp3) is 0. The Hall–Kier alpha value is -8.74. The number of ether oxygens (including phenoxy) is 1. The Bertz CT molecular complexity index is 4160. The lowest BCUT2D eigenvalue weighted by atomic mass is 9.51. The van der Waals surface area contributed by atoms with Crippen LogP contribution >= 0.6 is 0 Å². The number of rotatable bonds is 4. The zero-order valence-corrected chi connectivity index (χ0v) is 35.4. The predicted molar refractivity (Wildman–Crippen MR) is 271 cm³/mol. The fourth-order valence-electron chi connectivity index (χ4n) is 11.0. The van der Waals surface area contributed by atoms with Crippen molar-refractivity contribution in [2.24, 2.45) is 0 Å². The highest BCUT2D eigenvalue weighted by Gasteiger charge is 2.41. The minimum absolute atomic E-state index is 0.309. The number of hydrogen-bond donors (Lipinski definition) is 0. The van der Waals surface area contributed by atoms with E-state index in [1.807, 2.05) is 24.3 Å². The van der Waals surface area contributed by atoms with E-state index < -0.39 is 0 Å². The van der Waals surface area contributed by atoms with Gasteiger partial charge in [0, 0.05) is 60.6 Å². The van der Waals surface area contributed by atoms with Gasteiger partial charge in [0.15, 0.2) is 0 Å². The number of fused-ring (bicyclic) bond motifs is 13. The summed E-state index contributed by atoms with van der Waals surface area (Å²) in [5.41, 5.74) is 17.3. The molecule has 0 amide bonds. The molecule has 0 bridgehead atoms. The van der Waals surface area contributed by atoms with Crippen LogP contribution in [0.15, 0.2) is 217 Å². The molecule has 2 aliphatic rings. The van der Waals surface area contributed by atoms with Gasteiger partial charge in [-0.1, -0.05) is 121 Å². The van der Waals surface area contributed by atoms with Gasteiger partial charge in [-0.05, 0) is 113 Å². The second kappa shape index (κ2) is 13.4. The van der Waals surface area contributed by atoms with Gasteiger partial charge in [0.05, 0.1) is 27.8 Å². The van der Waals surface area contributed by atoms with Gasteiger partial charge in [-0.3, -0.25) is 0 Å². The van der Waals surface area contributed by atoms with Crippen LogP contribution in [-0.4, -0.2) is 16.0 Å². The van der Waals surface area contributed by atoms with Gasteiger partial charge in [0.25, 0.3) is 0 Å². The van der Waals surface area contributed by atoms with Gasteiger partial charge in [0.2, 0.25) is 0 Å². The number of aromatic nitrogens is 2. The third kappa shape index (κ3) is 5.06. The summed E-state index contributed by atoms with van der Waals surface area (Å²) >= 11 is 0. The number of para-hydroxylation sites is 5. The van der Waals surface area contributed by atoms with Gasteiger partial charge >= 0.3 is 6.92 Å². The predicted octanol–water partition coefficient (Wildman–Crippen LogP) is 14.4. The highest BCUT2D eigenvalue weighted by Crippen LogP contribution is 2.45. The quantitative estimate of drug-likeness (QED) is 0.166. The van der Waals surface area contributed by atoms with Crippen LogP contribution < -0.4 is 20.3 Å². The minimum atomic E-state index is -0.309. The summed E-state index contributed by atoms with van der Waals surface area (Å²) in [6.45, 7) is -0.309. The van der Waals surface area contributed by atoms with E-state index >= 15 is 0 Å². The lowest BCUT2D eigenvalue weighted by molar-refractivity contribution is 0.479. The molecule has 0 aliphatic carbocycles. The number of furan rings is 1. The van der Waals surface area contributed by atoms with Crippen LogP contribution in [0.4, 0.5) is 0 Å². The standard InChI is InChI=1S/C60H35BN2O3/c1-6-19-51-42(14-1)43-15-2-7-20-52(43)62(51)40-26-27-54-46(33-40)44-16-3-8-21-53(44)63(54)41-34-49-48-32-39(25-29-57(48)66-61-50-18-5-10-23-58(50)65-59(35-41)60(49)61)37-13-11-12-36(30-37)38-24-28-56-47(31-38)45-17-4-9-22-55(45)64-56/h1-35H. The smallest absolute Gasteiger partial charge is 0.434 e. The molecule has 0 N–H and O–H groups in total. The monoisotopic (exact) mass is 842 g/mol. The number of nitrogens with zero attached hydrogens (tertiary/aromatic N) is 2. The van der Waals surface area contributed by atoms with Crippen LogP contribution in [-0.2, 0) is 0 Å². The largest absolute Gasteiger partial charge is 0.551 e. The summed E-state index contributed by atoms with van der Waals surface area (Å²) in [5, 5.41) is 7.12. The van der Waals surface area contributed by atoms with Crippen LogP contribution in [0, 0.1) is 0 Å². The van der Waals surface area contributed by atoms with Gasteiger partial charge < -0.3 is 22.9 Å². The maximum atomic E-state index is 7.00. The molecule has 2 aliphatic heterocycles. The molecule has 0 saturated carbocycles. The molecule has 3 aromatic heterocycles. The second-order valence-corrected chi connectivity index (χ2v) is 17.6.